The van der Waals surface area contributed by atoms with Crippen molar-refractivity contribution in [3.63, 3.8) is 0 Å². The van der Waals surface area contributed by atoms with Gasteiger partial charge in [-0.25, -0.2) is 4.39 Å². The highest BCUT2D eigenvalue weighted by atomic mass is 32.1. The van der Waals surface area contributed by atoms with Gasteiger partial charge in [-0.15, -0.1) is 0 Å². The van der Waals surface area contributed by atoms with Crippen molar-refractivity contribution in [1.29, 1.82) is 0 Å². The third-order valence-corrected chi connectivity index (χ3v) is 4.05. The second kappa shape index (κ2) is 5.25. The number of nitrogens with zero attached hydrogens (tertiary/aromatic N) is 3. The smallest absolute Gasteiger partial charge is 0.301 e. The van der Waals surface area contributed by atoms with E-state index >= 15 is 0 Å². The number of fused-ring (bicyclic) bond motifs is 1. The minimum atomic E-state index is -0.471. The molecular weight excluding hydrogens is 293 g/mol. The number of carbonyl (C=O) groups is 1. The number of aromatic nitrogens is 2. The van der Waals surface area contributed by atoms with Gasteiger partial charge in [-0.05, 0) is 32.0 Å². The summed E-state index contributed by atoms with van der Waals surface area (Å²) in [5.41, 5.74) is 1.02. The van der Waals surface area contributed by atoms with Crippen LogP contribution in [0.5, 0.6) is 0 Å². The van der Waals surface area contributed by atoms with Crippen molar-refractivity contribution in [3.05, 3.63) is 46.3 Å². The maximum atomic E-state index is 13.3. The molecule has 21 heavy (non-hydrogen) atoms. The van der Waals surface area contributed by atoms with E-state index in [1.165, 1.54) is 29.5 Å². The second-order valence-corrected chi connectivity index (χ2v) is 5.49. The number of thiazole rings is 1. The summed E-state index contributed by atoms with van der Waals surface area (Å²) in [7, 11) is 0. The number of aryl methyl sites for hydroxylation is 2. The average molecular weight is 305 g/mol. The maximum absolute atomic E-state index is 13.3. The number of hydrogen-bond acceptors (Lipinski definition) is 4. The Kier molecular flexibility index (Phi) is 3.42. The van der Waals surface area contributed by atoms with Gasteiger partial charge in [0.25, 0.3) is 0 Å². The Bertz CT molecular complexity index is 891. The van der Waals surface area contributed by atoms with Crippen molar-refractivity contribution >= 4 is 27.5 Å². The lowest BCUT2D eigenvalue weighted by molar-refractivity contribution is 0.0989. The van der Waals surface area contributed by atoms with Gasteiger partial charge in [0.05, 0.1) is 10.2 Å². The van der Waals surface area contributed by atoms with Crippen LogP contribution in [0.15, 0.2) is 33.8 Å². The van der Waals surface area contributed by atoms with Gasteiger partial charge in [-0.3, -0.25) is 4.79 Å². The number of carbonyl (C=O) groups excluding carboxylic acids is 1. The molecule has 0 saturated carbocycles. The molecule has 0 radical (unpaired) electrons. The SMILES string of the molecule is CCn1c(=NC(=O)c2cc(C)on2)sc2cc(F)ccc21. The van der Waals surface area contributed by atoms with Crippen LogP contribution in [0, 0.1) is 12.7 Å². The first-order chi connectivity index (χ1) is 10.1. The predicted octanol–water partition coefficient (Wildman–Crippen LogP) is 2.90. The quantitative estimate of drug-likeness (QED) is 0.731. The third-order valence-electron chi connectivity index (χ3n) is 3.01. The lowest BCUT2D eigenvalue weighted by Gasteiger charge is -1.99. The largest absolute Gasteiger partial charge is 0.361 e. The van der Waals surface area contributed by atoms with Crippen LogP contribution in [-0.2, 0) is 6.54 Å². The Morgan fingerprint density at radius 3 is 2.95 bits per heavy atom. The molecular formula is C14H12FN3O2S. The summed E-state index contributed by atoms with van der Waals surface area (Å²) in [5.74, 6) is -0.228. The summed E-state index contributed by atoms with van der Waals surface area (Å²) in [6, 6.07) is 6.06. The normalized spacial score (nSPS) is 12.2. The van der Waals surface area contributed by atoms with Crippen molar-refractivity contribution in [2.75, 3.05) is 0 Å². The van der Waals surface area contributed by atoms with Crippen molar-refractivity contribution in [3.8, 4) is 0 Å². The number of hydrogen-bond donors (Lipinski definition) is 0. The van der Waals surface area contributed by atoms with Crippen molar-refractivity contribution in [2.45, 2.75) is 20.4 Å². The van der Waals surface area contributed by atoms with Crippen molar-refractivity contribution < 1.29 is 13.7 Å². The predicted molar refractivity (Wildman–Crippen MR) is 76.6 cm³/mol. The molecule has 7 heteroatoms. The van der Waals surface area contributed by atoms with Crippen molar-refractivity contribution in [1.82, 2.24) is 9.72 Å². The molecule has 5 nitrogen and oxygen atoms in total. The molecule has 0 fully saturated rings. The fourth-order valence-corrected chi connectivity index (χ4v) is 3.17. The highest BCUT2D eigenvalue weighted by Gasteiger charge is 2.12. The van der Waals surface area contributed by atoms with Crippen molar-refractivity contribution in [2.24, 2.45) is 4.99 Å². The monoisotopic (exact) mass is 305 g/mol. The van der Waals surface area contributed by atoms with E-state index in [4.69, 9.17) is 4.52 Å². The molecule has 0 bridgehead atoms. The molecule has 2 aromatic heterocycles. The first kappa shape index (κ1) is 13.7. The van der Waals surface area contributed by atoms with Gasteiger partial charge in [-0.2, -0.15) is 4.99 Å². The highest BCUT2D eigenvalue weighted by Crippen LogP contribution is 2.18. The molecule has 0 saturated heterocycles. The molecule has 2 heterocycles. The zero-order chi connectivity index (χ0) is 15.0. The molecule has 3 aromatic rings. The molecule has 0 aliphatic heterocycles. The zero-order valence-electron chi connectivity index (χ0n) is 11.5. The summed E-state index contributed by atoms with van der Waals surface area (Å²) < 4.78 is 20.8. The van der Waals surface area contributed by atoms with Gasteiger partial charge in [0, 0.05) is 12.6 Å². The topological polar surface area (TPSA) is 60.4 Å². The van der Waals surface area contributed by atoms with E-state index in [2.05, 4.69) is 10.1 Å². The number of halogens is 1. The Morgan fingerprint density at radius 1 is 1.48 bits per heavy atom. The number of benzene rings is 1. The van der Waals surface area contributed by atoms with E-state index in [9.17, 15) is 9.18 Å². The first-order valence-electron chi connectivity index (χ1n) is 6.39. The summed E-state index contributed by atoms with van der Waals surface area (Å²) in [6.45, 7) is 4.28. The molecule has 0 unspecified atom stereocenters. The molecule has 1 aromatic carbocycles. The summed E-state index contributed by atoms with van der Waals surface area (Å²) >= 11 is 1.27. The molecule has 0 aliphatic carbocycles. The van der Waals surface area contributed by atoms with Crippen LogP contribution in [0.25, 0.3) is 10.2 Å². The zero-order valence-corrected chi connectivity index (χ0v) is 12.3. The molecule has 0 atom stereocenters. The number of rotatable bonds is 2. The fraction of sp³-hybridized carbons (Fsp3) is 0.214. The lowest BCUT2D eigenvalue weighted by Crippen LogP contribution is -2.15. The summed E-state index contributed by atoms with van der Waals surface area (Å²) in [5, 5.41) is 3.65. The van der Waals surface area contributed by atoms with Gasteiger partial charge in [0.2, 0.25) is 0 Å². The first-order valence-corrected chi connectivity index (χ1v) is 7.21. The maximum Gasteiger partial charge on any atom is 0.301 e. The van der Waals surface area contributed by atoms with E-state index in [0.717, 1.165) is 10.2 Å². The van der Waals surface area contributed by atoms with E-state index in [-0.39, 0.29) is 11.5 Å². The Morgan fingerprint density at radius 2 is 2.29 bits per heavy atom. The standard InChI is InChI=1S/C14H12FN3O2S/c1-3-18-11-5-4-9(15)7-12(11)21-14(18)16-13(19)10-6-8(2)20-17-10/h4-7H,3H2,1-2H3. The van der Waals surface area contributed by atoms with E-state index in [0.29, 0.717) is 17.1 Å². The van der Waals surface area contributed by atoms with Crippen LogP contribution in [0.2, 0.25) is 0 Å². The molecule has 0 N–H and O–H groups in total. The van der Waals surface area contributed by atoms with Gasteiger partial charge in [0.1, 0.15) is 11.6 Å². The van der Waals surface area contributed by atoms with Crippen LogP contribution >= 0.6 is 11.3 Å². The minimum Gasteiger partial charge on any atom is -0.361 e. The Labute approximate surface area is 123 Å². The second-order valence-electron chi connectivity index (χ2n) is 4.48. The number of amides is 1. The highest BCUT2D eigenvalue weighted by molar-refractivity contribution is 7.16. The fourth-order valence-electron chi connectivity index (χ4n) is 2.05. The summed E-state index contributed by atoms with van der Waals surface area (Å²) in [4.78, 5) is 16.7. The van der Waals surface area contributed by atoms with E-state index < -0.39 is 5.91 Å². The van der Waals surface area contributed by atoms with Crippen LogP contribution in [-0.4, -0.2) is 15.6 Å². The van der Waals surface area contributed by atoms with Crippen LogP contribution < -0.4 is 4.80 Å². The van der Waals surface area contributed by atoms with Gasteiger partial charge in [-0.1, -0.05) is 16.5 Å². The molecule has 3 rings (SSSR count). The Balaban J connectivity index is 2.15. The van der Waals surface area contributed by atoms with Crippen LogP contribution in [0.1, 0.15) is 23.2 Å². The van der Waals surface area contributed by atoms with E-state index in [1.807, 2.05) is 11.5 Å². The average Bonchev–Trinajstić information content (AvgIpc) is 3.01. The van der Waals surface area contributed by atoms with Gasteiger partial charge >= 0.3 is 5.91 Å². The van der Waals surface area contributed by atoms with Crippen LogP contribution in [0.3, 0.4) is 0 Å². The van der Waals surface area contributed by atoms with Gasteiger partial charge < -0.3 is 9.09 Å². The molecule has 108 valence electrons. The molecule has 0 spiro atoms. The van der Waals surface area contributed by atoms with Crippen LogP contribution in [0.4, 0.5) is 4.39 Å². The van der Waals surface area contributed by atoms with E-state index in [1.54, 1.807) is 13.0 Å². The Hall–Kier alpha value is -2.28. The van der Waals surface area contributed by atoms with Gasteiger partial charge in [0.15, 0.2) is 10.5 Å². The lowest BCUT2D eigenvalue weighted by atomic mass is 10.3. The molecule has 0 aliphatic rings. The minimum absolute atomic E-state index is 0.166. The third kappa shape index (κ3) is 2.52. The summed E-state index contributed by atoms with van der Waals surface area (Å²) in [6.07, 6.45) is 0. The molecule has 1 amide bonds.